The molecule has 4 heavy (non-hydrogen) atoms. The molecule has 0 rings (SSSR count). The smallest absolute Gasteiger partial charge is 0.0866 e. The molecular weight excluding hydrogens is 170 g/mol. The molecule has 0 nitrogen and oxygen atoms in total. The lowest BCUT2D eigenvalue weighted by molar-refractivity contribution is 0.527. The van der Waals surface area contributed by atoms with E-state index in [1.165, 1.54) is 6.92 Å². The lowest BCUT2D eigenvalue weighted by atomic mass is 10.9. The molecule has 0 aliphatic carbocycles. The minimum absolute atomic E-state index is 0. The maximum atomic E-state index is 10.3. The summed E-state index contributed by atoms with van der Waals surface area (Å²) in [6, 6.07) is 0. The fraction of sp³-hybridized carbons (Fsp3) is 1.00. The molecule has 0 radical (unpaired) electrons. The largest absolute Gasteiger partial charge is 0.251 e. The molecule has 0 N–H and O–H groups in total. The van der Waals surface area contributed by atoms with Crippen LogP contribution in [-0.2, 0) is 0 Å². The molecule has 0 saturated carbocycles. The molecule has 0 aliphatic rings. The van der Waals surface area contributed by atoms with Gasteiger partial charge in [-0.25, -0.2) is 0 Å². The van der Waals surface area contributed by atoms with Gasteiger partial charge in [-0.05, 0) is 6.92 Å². The summed E-state index contributed by atoms with van der Waals surface area (Å²) < 4.78 is 10.3. The Hall–Kier alpha value is 0.660. The van der Waals surface area contributed by atoms with Gasteiger partial charge in [-0.3, -0.25) is 4.39 Å². The van der Waals surface area contributed by atoms with Crippen molar-refractivity contribution in [2.45, 2.75) is 6.92 Å². The van der Waals surface area contributed by atoms with Gasteiger partial charge < -0.3 is 0 Å². The second kappa shape index (κ2) is 9.40. The molecule has 0 aromatic rings. The van der Waals surface area contributed by atoms with Crippen LogP contribution in [0.5, 0.6) is 0 Å². The first-order chi connectivity index (χ1) is 1.41. The van der Waals surface area contributed by atoms with Crippen molar-refractivity contribution in [3.63, 3.8) is 0 Å². The van der Waals surface area contributed by atoms with E-state index in [1.807, 2.05) is 0 Å². The summed E-state index contributed by atoms with van der Waals surface area (Å²) in [5.74, 6) is 0. The van der Waals surface area contributed by atoms with Gasteiger partial charge in [0.2, 0.25) is 0 Å². The van der Waals surface area contributed by atoms with Crippen LogP contribution in [0.25, 0.3) is 0 Å². The van der Waals surface area contributed by atoms with E-state index in [9.17, 15) is 4.39 Å². The van der Waals surface area contributed by atoms with Crippen LogP contribution in [0.3, 0.4) is 0 Å². The summed E-state index contributed by atoms with van der Waals surface area (Å²) in [6.45, 7) is 1.21. The van der Waals surface area contributed by atoms with Gasteiger partial charge >= 0.3 is 0 Å². The summed E-state index contributed by atoms with van der Waals surface area (Å²) in [5, 5.41) is 0. The van der Waals surface area contributed by atoms with Gasteiger partial charge in [-0.15, -0.1) is 24.0 Å². The quantitative estimate of drug-likeness (QED) is 0.491. The fourth-order valence-electron chi connectivity index (χ4n) is 0. The van der Waals surface area contributed by atoms with E-state index < -0.39 is 0 Å². The van der Waals surface area contributed by atoms with Gasteiger partial charge in [0.1, 0.15) is 0 Å². The van der Waals surface area contributed by atoms with Crippen molar-refractivity contribution in [3.05, 3.63) is 0 Å². The Bertz CT molecular complexity index is 6.00. The van der Waals surface area contributed by atoms with Crippen molar-refractivity contribution in [2.24, 2.45) is 0 Å². The van der Waals surface area contributed by atoms with E-state index in [2.05, 4.69) is 0 Å². The van der Waals surface area contributed by atoms with Crippen LogP contribution in [0.15, 0.2) is 0 Å². The fourth-order valence-corrected chi connectivity index (χ4v) is 0. The zero-order chi connectivity index (χ0) is 2.71. The van der Waals surface area contributed by atoms with Gasteiger partial charge in [-0.2, -0.15) is 0 Å². The predicted octanol–water partition coefficient (Wildman–Crippen LogP) is 1.59. The van der Waals surface area contributed by atoms with Gasteiger partial charge in [0, 0.05) is 0 Å². The Labute approximate surface area is 42.4 Å². The average Bonchev–Trinajstić information content (AvgIpc) is 0.918. The molecule has 0 unspecified atom stereocenters. The summed E-state index contributed by atoms with van der Waals surface area (Å²) >= 11 is 0. The van der Waals surface area contributed by atoms with Crippen molar-refractivity contribution >= 4 is 24.0 Å². The molecule has 0 amide bonds. The van der Waals surface area contributed by atoms with Crippen molar-refractivity contribution < 1.29 is 4.39 Å². The third-order valence-corrected chi connectivity index (χ3v) is 0. The van der Waals surface area contributed by atoms with Gasteiger partial charge in [0.15, 0.2) is 0 Å². The highest BCUT2D eigenvalue weighted by atomic mass is 127. The number of hydrogen-bond donors (Lipinski definition) is 0. The molecule has 0 aromatic heterocycles. The van der Waals surface area contributed by atoms with Crippen molar-refractivity contribution in [1.82, 2.24) is 0 Å². The van der Waals surface area contributed by atoms with Gasteiger partial charge in [-0.1, -0.05) is 0 Å². The van der Waals surface area contributed by atoms with E-state index in [-0.39, 0.29) is 30.7 Å². The molecule has 0 atom stereocenters. The van der Waals surface area contributed by atoms with Crippen molar-refractivity contribution in [2.75, 3.05) is 6.67 Å². The molecule has 0 saturated heterocycles. The molecule has 0 spiro atoms. The standard InChI is InChI=1S/C2H5F.HI/c1-2-3;/h2H2,1H3;1H. The second-order valence-corrected chi connectivity index (χ2v) is 0.267. The van der Waals surface area contributed by atoms with E-state index in [4.69, 9.17) is 0 Å². The molecule has 0 bridgehead atoms. The topological polar surface area (TPSA) is 0 Å². The SMILES string of the molecule is CCF.I. The third-order valence-electron chi connectivity index (χ3n) is 0. The Kier molecular flexibility index (Phi) is 20.7. The van der Waals surface area contributed by atoms with Gasteiger partial charge in [0.05, 0.1) is 6.67 Å². The first-order valence-corrected chi connectivity index (χ1v) is 0.974. The van der Waals surface area contributed by atoms with E-state index in [0.29, 0.717) is 0 Å². The van der Waals surface area contributed by atoms with Crippen molar-refractivity contribution in [1.29, 1.82) is 0 Å². The first kappa shape index (κ1) is 8.82. The average molecular weight is 176 g/mol. The third kappa shape index (κ3) is 16.8. The van der Waals surface area contributed by atoms with Crippen LogP contribution < -0.4 is 0 Å². The van der Waals surface area contributed by atoms with E-state index in [0.717, 1.165) is 0 Å². The Morgan fingerprint density at radius 1 is 1.75 bits per heavy atom. The van der Waals surface area contributed by atoms with Crippen LogP contribution in [-0.4, -0.2) is 6.67 Å². The number of halogens is 2. The van der Waals surface area contributed by atoms with Crippen LogP contribution in [0.2, 0.25) is 0 Å². The van der Waals surface area contributed by atoms with E-state index >= 15 is 0 Å². The predicted molar refractivity (Wildman–Crippen MR) is 27.1 cm³/mol. The maximum Gasteiger partial charge on any atom is 0.0866 e. The zero-order valence-corrected chi connectivity index (χ0v) is 4.82. The molecule has 0 heterocycles. The second-order valence-electron chi connectivity index (χ2n) is 0.267. The molecule has 0 aromatic carbocycles. The molecule has 2 heteroatoms. The van der Waals surface area contributed by atoms with Crippen LogP contribution in [0.1, 0.15) is 6.92 Å². The van der Waals surface area contributed by atoms with Crippen LogP contribution in [0.4, 0.5) is 4.39 Å². The highest BCUT2D eigenvalue weighted by Crippen LogP contribution is 1.48. The molecule has 28 valence electrons. The summed E-state index contributed by atoms with van der Waals surface area (Å²) in [5.41, 5.74) is 0. The van der Waals surface area contributed by atoms with Crippen LogP contribution >= 0.6 is 24.0 Å². The zero-order valence-electron chi connectivity index (χ0n) is 2.49. The van der Waals surface area contributed by atoms with Crippen LogP contribution in [0, 0.1) is 0 Å². The Balaban J connectivity index is 0. The molecule has 0 fully saturated rings. The number of rotatable bonds is 0. The first-order valence-electron chi connectivity index (χ1n) is 0.974. The monoisotopic (exact) mass is 176 g/mol. The Morgan fingerprint density at radius 3 is 1.75 bits per heavy atom. The molecular formula is C2H6FI. The Morgan fingerprint density at radius 2 is 1.75 bits per heavy atom. The number of alkyl halides is 1. The highest BCUT2D eigenvalue weighted by Gasteiger charge is 1.39. The minimum Gasteiger partial charge on any atom is -0.251 e. The number of hydrogen-bond acceptors (Lipinski definition) is 0. The summed E-state index contributed by atoms with van der Waals surface area (Å²) in [4.78, 5) is 0. The molecule has 0 aliphatic heterocycles. The van der Waals surface area contributed by atoms with E-state index in [1.54, 1.807) is 0 Å². The maximum absolute atomic E-state index is 10.3. The van der Waals surface area contributed by atoms with Crippen molar-refractivity contribution in [3.8, 4) is 0 Å². The normalized spacial score (nSPS) is 4.50. The lowest BCUT2D eigenvalue weighted by Gasteiger charge is -1.45. The lowest BCUT2D eigenvalue weighted by Crippen LogP contribution is -1.40. The van der Waals surface area contributed by atoms with Gasteiger partial charge in [0.25, 0.3) is 0 Å². The summed E-state index contributed by atoms with van der Waals surface area (Å²) in [6.07, 6.45) is 0. The summed E-state index contributed by atoms with van der Waals surface area (Å²) in [7, 11) is 0. The highest BCUT2D eigenvalue weighted by molar-refractivity contribution is 14.0. The minimum atomic E-state index is -0.250.